The van der Waals surface area contributed by atoms with Crippen LogP contribution in [0.1, 0.15) is 0 Å². The molecular weight excluding hydrogens is 198 g/mol. The Hall–Kier alpha value is -1.82. The van der Waals surface area contributed by atoms with Crippen molar-refractivity contribution in [3.8, 4) is 5.82 Å². The van der Waals surface area contributed by atoms with Crippen molar-refractivity contribution in [1.29, 1.82) is 0 Å². The zero-order valence-electron chi connectivity index (χ0n) is 7.03. The Balaban J connectivity index is 2.36. The van der Waals surface area contributed by atoms with Gasteiger partial charge < -0.3 is 0 Å². The normalized spacial score (nSPS) is 10.9. The standard InChI is InChI=1S/C8H5N5S/c1-2-14-8-6(1)7(9-3-10-8)13-4-11-12-5-13/h1-5H. The van der Waals surface area contributed by atoms with Crippen molar-refractivity contribution in [2.24, 2.45) is 0 Å². The van der Waals surface area contributed by atoms with E-state index in [1.807, 2.05) is 11.4 Å². The third-order valence-electron chi connectivity index (χ3n) is 1.90. The molecule has 0 aliphatic heterocycles. The molecule has 68 valence electrons. The summed E-state index contributed by atoms with van der Waals surface area (Å²) in [6, 6.07) is 2.00. The third-order valence-corrected chi connectivity index (χ3v) is 2.72. The Labute approximate surface area is 83.1 Å². The second-order valence-corrected chi connectivity index (χ2v) is 3.60. The summed E-state index contributed by atoms with van der Waals surface area (Å²) in [5.41, 5.74) is 0. The van der Waals surface area contributed by atoms with E-state index in [0.717, 1.165) is 16.0 Å². The zero-order chi connectivity index (χ0) is 9.38. The Morgan fingerprint density at radius 2 is 2.00 bits per heavy atom. The predicted molar refractivity (Wildman–Crippen MR) is 52.3 cm³/mol. The molecule has 14 heavy (non-hydrogen) atoms. The summed E-state index contributed by atoms with van der Waals surface area (Å²) in [5, 5.41) is 10.5. The molecule has 6 heteroatoms. The molecule has 3 aromatic rings. The van der Waals surface area contributed by atoms with Gasteiger partial charge in [-0.15, -0.1) is 21.5 Å². The Morgan fingerprint density at radius 3 is 2.86 bits per heavy atom. The van der Waals surface area contributed by atoms with E-state index in [1.165, 1.54) is 0 Å². The first-order valence-corrected chi connectivity index (χ1v) is 4.86. The van der Waals surface area contributed by atoms with Gasteiger partial charge in [-0.2, -0.15) is 0 Å². The van der Waals surface area contributed by atoms with Gasteiger partial charge in [0.15, 0.2) is 5.82 Å². The summed E-state index contributed by atoms with van der Waals surface area (Å²) < 4.78 is 1.77. The molecule has 0 fully saturated rings. The first-order chi connectivity index (χ1) is 6.95. The van der Waals surface area contributed by atoms with E-state index in [2.05, 4.69) is 20.2 Å². The molecule has 0 amide bonds. The largest absolute Gasteiger partial charge is 0.271 e. The van der Waals surface area contributed by atoms with Gasteiger partial charge >= 0.3 is 0 Å². The van der Waals surface area contributed by atoms with Crippen molar-refractivity contribution in [3.05, 3.63) is 30.4 Å². The summed E-state index contributed by atoms with van der Waals surface area (Å²) in [7, 11) is 0. The summed E-state index contributed by atoms with van der Waals surface area (Å²) in [5.74, 6) is 0.821. The van der Waals surface area contributed by atoms with Gasteiger partial charge in [-0.3, -0.25) is 4.57 Å². The van der Waals surface area contributed by atoms with Crippen molar-refractivity contribution >= 4 is 21.6 Å². The van der Waals surface area contributed by atoms with Gasteiger partial charge in [0.25, 0.3) is 0 Å². The fraction of sp³-hybridized carbons (Fsp3) is 0. The van der Waals surface area contributed by atoms with Gasteiger partial charge in [0.2, 0.25) is 0 Å². The lowest BCUT2D eigenvalue weighted by Crippen LogP contribution is -1.95. The van der Waals surface area contributed by atoms with Crippen LogP contribution < -0.4 is 0 Å². The Bertz CT molecular complexity index is 556. The highest BCUT2D eigenvalue weighted by molar-refractivity contribution is 7.16. The van der Waals surface area contributed by atoms with Gasteiger partial charge in [0.1, 0.15) is 23.8 Å². The topological polar surface area (TPSA) is 56.5 Å². The van der Waals surface area contributed by atoms with Crippen molar-refractivity contribution in [2.45, 2.75) is 0 Å². The lowest BCUT2D eigenvalue weighted by atomic mass is 10.4. The molecule has 0 aromatic carbocycles. The van der Waals surface area contributed by atoms with Crippen LogP contribution in [0, 0.1) is 0 Å². The lowest BCUT2D eigenvalue weighted by molar-refractivity contribution is 0.993. The van der Waals surface area contributed by atoms with Crippen molar-refractivity contribution in [1.82, 2.24) is 24.7 Å². The van der Waals surface area contributed by atoms with Crippen LogP contribution in [0.25, 0.3) is 16.0 Å². The summed E-state index contributed by atoms with van der Waals surface area (Å²) >= 11 is 1.59. The molecule has 0 N–H and O–H groups in total. The van der Waals surface area contributed by atoms with Crippen LogP contribution in [-0.4, -0.2) is 24.7 Å². The summed E-state index contributed by atoms with van der Waals surface area (Å²) in [6.07, 6.45) is 4.80. The van der Waals surface area contributed by atoms with Gasteiger partial charge in [0, 0.05) is 0 Å². The smallest absolute Gasteiger partial charge is 0.151 e. The SMILES string of the molecule is c1nc(-n2cnnc2)c2ccsc2n1. The second-order valence-electron chi connectivity index (χ2n) is 2.71. The number of aromatic nitrogens is 5. The molecule has 0 saturated carbocycles. The summed E-state index contributed by atoms with van der Waals surface area (Å²) in [4.78, 5) is 9.34. The molecule has 0 aliphatic rings. The lowest BCUT2D eigenvalue weighted by Gasteiger charge is -1.99. The van der Waals surface area contributed by atoms with E-state index in [9.17, 15) is 0 Å². The van der Waals surface area contributed by atoms with E-state index in [0.29, 0.717) is 0 Å². The Morgan fingerprint density at radius 1 is 1.14 bits per heavy atom. The number of fused-ring (bicyclic) bond motifs is 1. The highest BCUT2D eigenvalue weighted by Crippen LogP contribution is 2.22. The summed E-state index contributed by atoms with van der Waals surface area (Å²) in [6.45, 7) is 0. The minimum atomic E-state index is 0.821. The molecule has 0 atom stereocenters. The third kappa shape index (κ3) is 1.01. The molecule has 3 aromatic heterocycles. The van der Waals surface area contributed by atoms with Gasteiger partial charge in [0.05, 0.1) is 5.39 Å². The predicted octanol–water partition coefficient (Wildman–Crippen LogP) is 1.27. The van der Waals surface area contributed by atoms with Crippen LogP contribution in [-0.2, 0) is 0 Å². The molecule has 0 saturated heterocycles. The number of hydrogen-bond donors (Lipinski definition) is 0. The average molecular weight is 203 g/mol. The molecule has 0 radical (unpaired) electrons. The van der Waals surface area contributed by atoms with Crippen LogP contribution in [0.15, 0.2) is 30.4 Å². The minimum absolute atomic E-state index is 0.821. The molecule has 0 bridgehead atoms. The molecule has 3 rings (SSSR count). The van der Waals surface area contributed by atoms with Gasteiger partial charge in [-0.05, 0) is 11.4 Å². The second kappa shape index (κ2) is 2.85. The Kier molecular flexibility index (Phi) is 1.54. The van der Waals surface area contributed by atoms with Crippen LogP contribution in [0.3, 0.4) is 0 Å². The highest BCUT2D eigenvalue weighted by Gasteiger charge is 2.05. The highest BCUT2D eigenvalue weighted by atomic mass is 32.1. The first kappa shape index (κ1) is 7.57. The van der Waals surface area contributed by atoms with E-state index in [-0.39, 0.29) is 0 Å². The number of rotatable bonds is 1. The van der Waals surface area contributed by atoms with Gasteiger partial charge in [-0.25, -0.2) is 9.97 Å². The average Bonchev–Trinajstić information content (AvgIpc) is 2.88. The van der Waals surface area contributed by atoms with Crippen molar-refractivity contribution in [3.63, 3.8) is 0 Å². The number of thiophene rings is 1. The molecule has 0 unspecified atom stereocenters. The van der Waals surface area contributed by atoms with E-state index < -0.39 is 0 Å². The maximum absolute atomic E-state index is 4.20. The van der Waals surface area contributed by atoms with E-state index >= 15 is 0 Å². The minimum Gasteiger partial charge on any atom is -0.271 e. The molecule has 0 spiro atoms. The zero-order valence-corrected chi connectivity index (χ0v) is 7.85. The van der Waals surface area contributed by atoms with Crippen LogP contribution in [0.4, 0.5) is 0 Å². The molecule has 5 nitrogen and oxygen atoms in total. The van der Waals surface area contributed by atoms with E-state index in [4.69, 9.17) is 0 Å². The fourth-order valence-electron chi connectivity index (χ4n) is 1.29. The maximum atomic E-state index is 4.20. The van der Waals surface area contributed by atoms with Crippen molar-refractivity contribution in [2.75, 3.05) is 0 Å². The van der Waals surface area contributed by atoms with Crippen LogP contribution in [0.2, 0.25) is 0 Å². The first-order valence-electron chi connectivity index (χ1n) is 3.98. The molecule has 0 aliphatic carbocycles. The van der Waals surface area contributed by atoms with Crippen molar-refractivity contribution < 1.29 is 0 Å². The quantitative estimate of drug-likeness (QED) is 0.597. The number of hydrogen-bond acceptors (Lipinski definition) is 5. The molecule has 3 heterocycles. The maximum Gasteiger partial charge on any atom is 0.151 e. The van der Waals surface area contributed by atoms with Crippen LogP contribution in [0.5, 0.6) is 0 Å². The monoisotopic (exact) mass is 203 g/mol. The fourth-order valence-corrected chi connectivity index (χ4v) is 2.02. The van der Waals surface area contributed by atoms with E-state index in [1.54, 1.807) is 34.9 Å². The van der Waals surface area contributed by atoms with Crippen LogP contribution >= 0.6 is 11.3 Å². The van der Waals surface area contributed by atoms with Gasteiger partial charge in [-0.1, -0.05) is 0 Å². The number of nitrogens with zero attached hydrogens (tertiary/aromatic N) is 5. The molecular formula is C8H5N5S.